The van der Waals surface area contributed by atoms with E-state index in [1.165, 1.54) is 0 Å². The monoisotopic (exact) mass is 598 g/mol. The Hall–Kier alpha value is -1.97. The number of amides is 2. The number of aliphatic hydroxyl groups excluding tert-OH is 5. The first-order valence-electron chi connectivity index (χ1n) is 14.3. The highest BCUT2D eigenvalue weighted by molar-refractivity contribution is 6.72. The third kappa shape index (κ3) is 7.16. The highest BCUT2D eigenvalue weighted by atomic mass is 28.4. The lowest BCUT2D eigenvalue weighted by Crippen LogP contribution is -2.60. The van der Waals surface area contributed by atoms with Gasteiger partial charge in [-0.05, 0) is 62.4 Å². The molecule has 3 aliphatic rings. The van der Waals surface area contributed by atoms with Gasteiger partial charge in [0.15, 0.2) is 12.4 Å². The average Bonchev–Trinajstić information content (AvgIpc) is 3.53. The lowest BCUT2D eigenvalue weighted by molar-refractivity contribution is -0.274. The summed E-state index contributed by atoms with van der Waals surface area (Å²) in [6.07, 6.45) is -6.29. The molecule has 1 aromatic carbocycles. The van der Waals surface area contributed by atoms with Crippen LogP contribution in [0.5, 0.6) is 0 Å². The van der Waals surface area contributed by atoms with Gasteiger partial charge in [-0.3, -0.25) is 9.59 Å². The van der Waals surface area contributed by atoms with Crippen LogP contribution in [0.25, 0.3) is 0 Å². The minimum absolute atomic E-state index is 0.0589. The molecule has 3 saturated heterocycles. The summed E-state index contributed by atoms with van der Waals surface area (Å²) in [5.41, 5.74) is 1.04. The molecule has 4 rings (SSSR count). The van der Waals surface area contributed by atoms with Crippen LogP contribution in [0.4, 0.5) is 9.80 Å². The van der Waals surface area contributed by atoms with Gasteiger partial charge in [0.2, 0.25) is 14.3 Å². The Kier molecular flexibility index (Phi) is 10.2. The molecule has 10 atom stereocenters. The molecule has 0 saturated carbocycles. The van der Waals surface area contributed by atoms with E-state index >= 15 is 4.11 Å². The van der Waals surface area contributed by atoms with Crippen molar-refractivity contribution >= 4 is 25.9 Å². The molecule has 0 bridgehead atoms. The smallest absolute Gasteiger partial charge is 0.256 e. The van der Waals surface area contributed by atoms with Crippen LogP contribution >= 0.6 is 0 Å². The fourth-order valence-corrected chi connectivity index (χ4v) is 9.12. The van der Waals surface area contributed by atoms with Gasteiger partial charge in [0.1, 0.15) is 18.3 Å². The van der Waals surface area contributed by atoms with Crippen molar-refractivity contribution in [3.63, 3.8) is 0 Å². The van der Waals surface area contributed by atoms with E-state index in [1.54, 1.807) is 30.1 Å². The molecular weight excluding hydrogens is 555 g/mol. The van der Waals surface area contributed by atoms with Crippen LogP contribution in [0.3, 0.4) is 0 Å². The normalized spacial score (nSPS) is 36.0. The number of rotatable bonds is 9. The van der Waals surface area contributed by atoms with E-state index in [4.69, 9.17) is 9.47 Å². The molecule has 0 aromatic heterocycles. The zero-order valence-electron chi connectivity index (χ0n) is 23.7. The van der Waals surface area contributed by atoms with Crippen molar-refractivity contribution in [3.05, 3.63) is 29.8 Å². The fourth-order valence-electron chi connectivity index (χ4n) is 6.57. The number of aliphatic hydroxyl groups is 5. The fraction of sp³-hybridized carbons (Fsp3) is 0.714. The van der Waals surface area contributed by atoms with E-state index in [9.17, 15) is 35.1 Å². The van der Waals surface area contributed by atoms with Crippen LogP contribution in [0.1, 0.15) is 38.2 Å². The quantitative estimate of drug-likeness (QED) is 0.177. The second kappa shape index (κ2) is 13.1. The topological polar surface area (TPSA) is 169 Å². The zero-order chi connectivity index (χ0) is 30.1. The Morgan fingerprint density at radius 2 is 1.73 bits per heavy atom. The first-order valence-corrected chi connectivity index (χ1v) is 17.3. The number of hydrogen-bond donors (Lipinski definition) is 6. The van der Waals surface area contributed by atoms with Crippen LogP contribution in [-0.2, 0) is 25.5 Å². The molecule has 13 heteroatoms. The van der Waals surface area contributed by atoms with Gasteiger partial charge in [-0.15, -0.1) is 0 Å². The molecular formula is C28H43FN2O9Si. The standard InChI is InChI=1S/C28H43FN2O9Si/c1-15-19(39-20(26(15)41(2,3)29)13-21(33)31-12-4-5-18(31)14-32)11-8-16-6-9-17(10-7-16)30-27(37)25-23(35)22(34)24(36)28(38)40-25/h6-7,9-10,15,18-20,22-26,28,32,34-36,38H,4-5,8,11-14H2,1-3H3,(H,30,37)/t15-,18+,19+,20-,22+,23+,24-,25+,26+,28-/m1/s1. The number of benzene rings is 1. The van der Waals surface area contributed by atoms with Gasteiger partial charge in [0.05, 0.1) is 31.3 Å². The lowest BCUT2D eigenvalue weighted by Gasteiger charge is -2.37. The number of anilines is 1. The van der Waals surface area contributed by atoms with Crippen LogP contribution < -0.4 is 5.32 Å². The Balaban J connectivity index is 1.33. The summed E-state index contributed by atoms with van der Waals surface area (Å²) in [6.45, 7) is 5.86. The van der Waals surface area contributed by atoms with Crippen molar-refractivity contribution in [3.8, 4) is 0 Å². The second-order valence-electron chi connectivity index (χ2n) is 12.1. The minimum Gasteiger partial charge on any atom is -0.394 e. The summed E-state index contributed by atoms with van der Waals surface area (Å²) in [5, 5.41) is 51.3. The summed E-state index contributed by atoms with van der Waals surface area (Å²) >= 11 is 0. The molecule has 0 aliphatic carbocycles. The largest absolute Gasteiger partial charge is 0.394 e. The molecule has 0 radical (unpaired) electrons. The Morgan fingerprint density at radius 1 is 1.05 bits per heavy atom. The van der Waals surface area contributed by atoms with E-state index in [0.29, 0.717) is 25.1 Å². The summed E-state index contributed by atoms with van der Waals surface area (Å²) in [4.78, 5) is 27.3. The van der Waals surface area contributed by atoms with Crippen molar-refractivity contribution in [2.24, 2.45) is 5.92 Å². The predicted octanol–water partition coefficient (Wildman–Crippen LogP) is 0.679. The van der Waals surface area contributed by atoms with Crippen LogP contribution in [0, 0.1) is 5.92 Å². The van der Waals surface area contributed by atoms with Crippen LogP contribution in [-0.4, -0.2) is 113 Å². The van der Waals surface area contributed by atoms with E-state index in [1.807, 2.05) is 19.1 Å². The van der Waals surface area contributed by atoms with Crippen molar-refractivity contribution in [2.75, 3.05) is 18.5 Å². The van der Waals surface area contributed by atoms with Crippen LogP contribution in [0.15, 0.2) is 24.3 Å². The highest BCUT2D eigenvalue weighted by Crippen LogP contribution is 2.47. The van der Waals surface area contributed by atoms with E-state index in [0.717, 1.165) is 18.4 Å². The molecule has 11 nitrogen and oxygen atoms in total. The molecule has 3 fully saturated rings. The number of nitrogens with zero attached hydrogens (tertiary/aromatic N) is 1. The molecule has 3 aliphatic heterocycles. The van der Waals surface area contributed by atoms with Crippen molar-refractivity contribution < 1.29 is 48.7 Å². The minimum atomic E-state index is -3.15. The van der Waals surface area contributed by atoms with Crippen molar-refractivity contribution in [2.45, 2.75) is 107 Å². The van der Waals surface area contributed by atoms with Gasteiger partial charge in [-0.25, -0.2) is 0 Å². The predicted molar refractivity (Wildman–Crippen MR) is 149 cm³/mol. The maximum absolute atomic E-state index is 15.5. The van der Waals surface area contributed by atoms with Crippen molar-refractivity contribution in [1.29, 1.82) is 0 Å². The molecule has 2 amide bonds. The molecule has 0 unspecified atom stereocenters. The number of ether oxygens (including phenoxy) is 2. The van der Waals surface area contributed by atoms with Gasteiger partial charge in [-0.1, -0.05) is 19.1 Å². The maximum atomic E-state index is 15.5. The van der Waals surface area contributed by atoms with Crippen molar-refractivity contribution in [1.82, 2.24) is 4.90 Å². The van der Waals surface area contributed by atoms with E-state index in [2.05, 4.69) is 5.32 Å². The first-order chi connectivity index (χ1) is 19.3. The Morgan fingerprint density at radius 3 is 2.37 bits per heavy atom. The number of hydrogen-bond acceptors (Lipinski definition) is 9. The summed E-state index contributed by atoms with van der Waals surface area (Å²) in [5.74, 6) is -0.935. The maximum Gasteiger partial charge on any atom is 0.256 e. The SMILES string of the molecule is C[C@H]1[C@H]([Si](C)(C)F)[C@@H](CC(=O)N2CCC[C@H]2CO)O[C@H]1CCc1ccc(NC(=O)[C@H]2O[C@@H](O)[C@H](O)[C@@H](O)[C@@H]2O)cc1. The third-order valence-electron chi connectivity index (χ3n) is 8.77. The molecule has 6 N–H and O–H groups in total. The summed E-state index contributed by atoms with van der Waals surface area (Å²) in [7, 11) is -3.15. The number of halogens is 1. The number of carbonyl (C=O) groups is 2. The van der Waals surface area contributed by atoms with Crippen LogP contribution in [0.2, 0.25) is 18.6 Å². The molecule has 3 heterocycles. The number of aryl methyl sites for hydroxylation is 1. The summed E-state index contributed by atoms with van der Waals surface area (Å²) in [6, 6.07) is 6.78. The van der Waals surface area contributed by atoms with Gasteiger partial charge < -0.3 is 49.3 Å². The summed E-state index contributed by atoms with van der Waals surface area (Å²) < 4.78 is 26.8. The zero-order valence-corrected chi connectivity index (χ0v) is 24.7. The number of likely N-dealkylation sites (tertiary alicyclic amines) is 1. The third-order valence-corrected chi connectivity index (χ3v) is 11.2. The first kappa shape index (κ1) is 32.0. The number of nitrogens with one attached hydrogen (secondary N) is 1. The van der Waals surface area contributed by atoms with E-state index in [-0.39, 0.29) is 42.5 Å². The average molecular weight is 599 g/mol. The molecule has 0 spiro atoms. The van der Waals surface area contributed by atoms with E-state index < -0.39 is 51.1 Å². The molecule has 41 heavy (non-hydrogen) atoms. The van der Waals surface area contributed by atoms with Gasteiger partial charge in [0.25, 0.3) is 5.91 Å². The second-order valence-corrected chi connectivity index (χ2v) is 15.9. The Bertz CT molecular complexity index is 1060. The molecule has 1 aromatic rings. The van der Waals surface area contributed by atoms with Gasteiger partial charge in [-0.2, -0.15) is 0 Å². The van der Waals surface area contributed by atoms with Gasteiger partial charge in [0, 0.05) is 17.8 Å². The number of carbonyl (C=O) groups excluding carboxylic acids is 2. The Labute approximate surface area is 240 Å². The van der Waals surface area contributed by atoms with Gasteiger partial charge >= 0.3 is 0 Å². The lowest BCUT2D eigenvalue weighted by atomic mass is 9.95. The molecule has 230 valence electrons. The highest BCUT2D eigenvalue weighted by Gasteiger charge is 2.52.